The minimum Gasteiger partial charge on any atom is -0.379 e. The van der Waals surface area contributed by atoms with Gasteiger partial charge in [-0.3, -0.25) is 4.68 Å². The topological polar surface area (TPSA) is 57.5 Å². The fourth-order valence-corrected chi connectivity index (χ4v) is 1.83. The first-order valence-corrected chi connectivity index (χ1v) is 7.77. The zero-order valence-corrected chi connectivity index (χ0v) is 13.3. The molecule has 0 unspecified atom stereocenters. The standard InChI is InChI=1S/C15H29N3O3/c1-3-4-8-19-10-12-21-13-11-20-9-7-18-15(14-16-2)5-6-17-18/h5-6,16H,3-4,7-14H2,1-2H3. The molecule has 21 heavy (non-hydrogen) atoms. The zero-order chi connectivity index (χ0) is 15.2. The second-order valence-electron chi connectivity index (χ2n) is 4.77. The van der Waals surface area contributed by atoms with Gasteiger partial charge < -0.3 is 19.5 Å². The summed E-state index contributed by atoms with van der Waals surface area (Å²) >= 11 is 0. The van der Waals surface area contributed by atoms with Crippen LogP contribution >= 0.6 is 0 Å². The molecule has 1 heterocycles. The fourth-order valence-electron chi connectivity index (χ4n) is 1.83. The Labute approximate surface area is 127 Å². The Bertz CT molecular complexity index is 345. The van der Waals surface area contributed by atoms with Crippen molar-refractivity contribution in [3.05, 3.63) is 18.0 Å². The molecule has 0 aromatic carbocycles. The van der Waals surface area contributed by atoms with Gasteiger partial charge in [0.1, 0.15) is 0 Å². The van der Waals surface area contributed by atoms with Gasteiger partial charge in [0.05, 0.1) is 45.3 Å². The van der Waals surface area contributed by atoms with Crippen molar-refractivity contribution < 1.29 is 14.2 Å². The quantitative estimate of drug-likeness (QED) is 0.527. The summed E-state index contributed by atoms with van der Waals surface area (Å²) in [6.45, 7) is 7.74. The summed E-state index contributed by atoms with van der Waals surface area (Å²) in [5, 5.41) is 7.39. The van der Waals surface area contributed by atoms with E-state index in [1.54, 1.807) is 0 Å². The molecule has 1 N–H and O–H groups in total. The Balaban J connectivity index is 1.89. The lowest BCUT2D eigenvalue weighted by atomic mass is 10.4. The van der Waals surface area contributed by atoms with Crippen LogP contribution < -0.4 is 5.32 Å². The summed E-state index contributed by atoms with van der Waals surface area (Å²) in [6.07, 6.45) is 4.10. The smallest absolute Gasteiger partial charge is 0.0701 e. The predicted molar refractivity (Wildman–Crippen MR) is 82.4 cm³/mol. The zero-order valence-electron chi connectivity index (χ0n) is 13.3. The summed E-state index contributed by atoms with van der Waals surface area (Å²) < 4.78 is 18.3. The number of nitrogens with one attached hydrogen (secondary N) is 1. The maximum absolute atomic E-state index is 5.54. The fraction of sp³-hybridized carbons (Fsp3) is 0.800. The molecule has 6 heteroatoms. The maximum atomic E-state index is 5.54. The highest BCUT2D eigenvalue weighted by atomic mass is 16.5. The molecule has 1 aromatic rings. The predicted octanol–water partition coefficient (Wildman–Crippen LogP) is 1.45. The number of hydrogen-bond donors (Lipinski definition) is 1. The van der Waals surface area contributed by atoms with Crippen LogP contribution in [-0.2, 0) is 27.3 Å². The molecule has 0 atom stereocenters. The summed E-state index contributed by atoms with van der Waals surface area (Å²) in [5.74, 6) is 0. The van der Waals surface area contributed by atoms with Crippen LogP contribution in [0.15, 0.2) is 12.3 Å². The van der Waals surface area contributed by atoms with Crippen LogP contribution in [0.1, 0.15) is 25.5 Å². The molecule has 0 aliphatic heterocycles. The van der Waals surface area contributed by atoms with E-state index in [0.29, 0.717) is 33.0 Å². The SMILES string of the molecule is CCCCOCCOCCOCCn1nccc1CNC. The van der Waals surface area contributed by atoms with Crippen LogP contribution in [0.25, 0.3) is 0 Å². The van der Waals surface area contributed by atoms with Crippen molar-refractivity contribution >= 4 is 0 Å². The van der Waals surface area contributed by atoms with Crippen LogP contribution in [-0.4, -0.2) is 56.5 Å². The Morgan fingerprint density at radius 2 is 1.71 bits per heavy atom. The minimum atomic E-state index is 0.609. The lowest BCUT2D eigenvalue weighted by molar-refractivity contribution is 0.0122. The van der Waals surface area contributed by atoms with Gasteiger partial charge in [0.25, 0.3) is 0 Å². The highest BCUT2D eigenvalue weighted by Crippen LogP contribution is 1.98. The Hall–Kier alpha value is -0.950. The van der Waals surface area contributed by atoms with Gasteiger partial charge in [-0.15, -0.1) is 0 Å². The third-order valence-electron chi connectivity index (χ3n) is 3.00. The van der Waals surface area contributed by atoms with Crippen molar-refractivity contribution in [3.8, 4) is 0 Å². The van der Waals surface area contributed by atoms with E-state index in [0.717, 1.165) is 26.1 Å². The second kappa shape index (κ2) is 12.8. The molecule has 0 aliphatic carbocycles. The Kier molecular flexibility index (Phi) is 11.0. The number of rotatable bonds is 14. The summed E-state index contributed by atoms with van der Waals surface area (Å²) in [6, 6.07) is 2.01. The lowest BCUT2D eigenvalue weighted by Crippen LogP contribution is -2.16. The van der Waals surface area contributed by atoms with Gasteiger partial charge in [-0.25, -0.2) is 0 Å². The van der Waals surface area contributed by atoms with Crippen molar-refractivity contribution in [3.63, 3.8) is 0 Å². The Morgan fingerprint density at radius 1 is 1.05 bits per heavy atom. The number of nitrogens with zero attached hydrogens (tertiary/aromatic N) is 2. The van der Waals surface area contributed by atoms with Crippen LogP contribution in [0.5, 0.6) is 0 Å². The van der Waals surface area contributed by atoms with E-state index in [1.165, 1.54) is 12.1 Å². The van der Waals surface area contributed by atoms with Crippen LogP contribution in [0.4, 0.5) is 0 Å². The van der Waals surface area contributed by atoms with Crippen LogP contribution in [0.3, 0.4) is 0 Å². The van der Waals surface area contributed by atoms with E-state index in [2.05, 4.69) is 17.3 Å². The average molecular weight is 299 g/mol. The van der Waals surface area contributed by atoms with Crippen molar-refractivity contribution in [2.75, 3.05) is 46.7 Å². The van der Waals surface area contributed by atoms with Crippen molar-refractivity contribution in [2.24, 2.45) is 0 Å². The van der Waals surface area contributed by atoms with Crippen LogP contribution in [0, 0.1) is 0 Å². The van der Waals surface area contributed by atoms with E-state index in [-0.39, 0.29) is 0 Å². The molecule has 6 nitrogen and oxygen atoms in total. The number of aromatic nitrogens is 2. The third kappa shape index (κ3) is 8.83. The van der Waals surface area contributed by atoms with E-state index < -0.39 is 0 Å². The molecule has 0 saturated carbocycles. The van der Waals surface area contributed by atoms with E-state index in [9.17, 15) is 0 Å². The van der Waals surface area contributed by atoms with Gasteiger partial charge in [0.15, 0.2) is 0 Å². The average Bonchev–Trinajstić information content (AvgIpc) is 2.92. The molecule has 1 aromatic heterocycles. The largest absolute Gasteiger partial charge is 0.379 e. The summed E-state index contributed by atoms with van der Waals surface area (Å²) in [5.41, 5.74) is 1.17. The van der Waals surface area contributed by atoms with Gasteiger partial charge in [-0.05, 0) is 19.5 Å². The second-order valence-corrected chi connectivity index (χ2v) is 4.77. The van der Waals surface area contributed by atoms with Gasteiger partial charge in [0, 0.05) is 19.3 Å². The van der Waals surface area contributed by atoms with E-state index >= 15 is 0 Å². The lowest BCUT2D eigenvalue weighted by Gasteiger charge is -2.08. The first-order chi connectivity index (χ1) is 10.4. The van der Waals surface area contributed by atoms with Gasteiger partial charge in [0.2, 0.25) is 0 Å². The maximum Gasteiger partial charge on any atom is 0.0701 e. The van der Waals surface area contributed by atoms with Crippen molar-refractivity contribution in [1.29, 1.82) is 0 Å². The molecule has 0 bridgehead atoms. The molecule has 122 valence electrons. The van der Waals surface area contributed by atoms with E-state index in [4.69, 9.17) is 14.2 Å². The molecule has 0 radical (unpaired) electrons. The highest BCUT2D eigenvalue weighted by Gasteiger charge is 2.00. The highest BCUT2D eigenvalue weighted by molar-refractivity contribution is 4.99. The van der Waals surface area contributed by atoms with E-state index in [1.807, 2.05) is 24.0 Å². The first kappa shape index (κ1) is 18.1. The third-order valence-corrected chi connectivity index (χ3v) is 3.00. The molecular formula is C15H29N3O3. The van der Waals surface area contributed by atoms with Crippen LogP contribution in [0.2, 0.25) is 0 Å². The Morgan fingerprint density at radius 3 is 2.38 bits per heavy atom. The number of unbranched alkanes of at least 4 members (excludes halogenated alkanes) is 1. The molecule has 0 spiro atoms. The number of hydrogen-bond acceptors (Lipinski definition) is 5. The minimum absolute atomic E-state index is 0.609. The molecule has 0 aliphatic rings. The molecule has 0 saturated heterocycles. The van der Waals surface area contributed by atoms with Gasteiger partial charge in [-0.1, -0.05) is 13.3 Å². The summed E-state index contributed by atoms with van der Waals surface area (Å²) in [7, 11) is 1.93. The number of ether oxygens (including phenoxy) is 3. The molecular weight excluding hydrogens is 270 g/mol. The molecule has 0 amide bonds. The van der Waals surface area contributed by atoms with Gasteiger partial charge in [-0.2, -0.15) is 5.10 Å². The molecule has 1 rings (SSSR count). The normalized spacial score (nSPS) is 11.1. The van der Waals surface area contributed by atoms with Crippen molar-refractivity contribution in [1.82, 2.24) is 15.1 Å². The van der Waals surface area contributed by atoms with Crippen molar-refractivity contribution in [2.45, 2.75) is 32.9 Å². The summed E-state index contributed by atoms with van der Waals surface area (Å²) in [4.78, 5) is 0. The first-order valence-electron chi connectivity index (χ1n) is 7.77. The molecule has 0 fully saturated rings. The monoisotopic (exact) mass is 299 g/mol. The van der Waals surface area contributed by atoms with Gasteiger partial charge >= 0.3 is 0 Å².